The number of hydrogen-bond acceptors (Lipinski definition) is 3. The molecule has 0 atom stereocenters. The third-order valence-corrected chi connectivity index (χ3v) is 2.20. The van der Waals surface area contributed by atoms with Crippen molar-refractivity contribution in [1.82, 2.24) is 0 Å². The first-order chi connectivity index (χ1) is 7.33. The minimum absolute atomic E-state index is 0.0441. The molecular weight excluding hydrogens is 197 g/mol. The number of rotatable bonds is 1. The molecule has 0 saturated carbocycles. The molecule has 78 valence electrons. The molecule has 0 fully saturated rings. The first kappa shape index (κ1) is 9.78. The molecule has 0 saturated heterocycles. The van der Waals surface area contributed by atoms with E-state index in [1.165, 1.54) is 0 Å². The van der Waals surface area contributed by atoms with Crippen LogP contribution < -0.4 is 9.47 Å². The molecule has 3 nitrogen and oxygen atoms in total. The Labute approximate surface area is 87.0 Å². The summed E-state index contributed by atoms with van der Waals surface area (Å²) in [7, 11) is 0. The van der Waals surface area contributed by atoms with E-state index < -0.39 is 5.82 Å². The van der Waals surface area contributed by atoms with Crippen molar-refractivity contribution in [3.63, 3.8) is 0 Å². The van der Waals surface area contributed by atoms with Gasteiger partial charge < -0.3 is 9.47 Å². The number of benzene rings is 1. The molecule has 1 aliphatic heterocycles. The summed E-state index contributed by atoms with van der Waals surface area (Å²) in [5.41, 5.74) is 0.349. The van der Waals surface area contributed by atoms with Gasteiger partial charge >= 0.3 is 0 Å². The van der Waals surface area contributed by atoms with Crippen LogP contribution in [0.2, 0.25) is 0 Å². The van der Waals surface area contributed by atoms with E-state index in [4.69, 9.17) is 14.7 Å². The maximum absolute atomic E-state index is 13.8. The highest BCUT2D eigenvalue weighted by atomic mass is 19.1. The van der Waals surface area contributed by atoms with Crippen LogP contribution in [0.5, 0.6) is 11.5 Å². The van der Waals surface area contributed by atoms with E-state index in [0.29, 0.717) is 24.5 Å². The van der Waals surface area contributed by atoms with Crippen molar-refractivity contribution in [2.75, 3.05) is 13.2 Å². The highest BCUT2D eigenvalue weighted by Gasteiger charge is 2.17. The van der Waals surface area contributed by atoms with Crippen molar-refractivity contribution in [2.45, 2.75) is 12.8 Å². The highest BCUT2D eigenvalue weighted by Crippen LogP contribution is 2.34. The molecule has 0 unspecified atom stereocenters. The van der Waals surface area contributed by atoms with E-state index in [2.05, 4.69) is 0 Å². The topological polar surface area (TPSA) is 42.2 Å². The van der Waals surface area contributed by atoms with E-state index in [-0.39, 0.29) is 12.2 Å². The molecule has 2 rings (SSSR count). The second-order valence-electron chi connectivity index (χ2n) is 3.25. The number of halogens is 1. The van der Waals surface area contributed by atoms with Crippen LogP contribution in [0.25, 0.3) is 0 Å². The van der Waals surface area contributed by atoms with Crippen molar-refractivity contribution >= 4 is 0 Å². The number of hydrogen-bond donors (Lipinski definition) is 0. The molecule has 0 radical (unpaired) electrons. The Morgan fingerprint density at radius 3 is 2.93 bits per heavy atom. The van der Waals surface area contributed by atoms with Crippen LogP contribution in [0.1, 0.15) is 12.0 Å². The predicted molar refractivity (Wildman–Crippen MR) is 51.3 cm³/mol. The quantitative estimate of drug-likeness (QED) is 0.707. The van der Waals surface area contributed by atoms with Crippen molar-refractivity contribution in [3.05, 3.63) is 23.5 Å². The average Bonchev–Trinajstić information content (AvgIpc) is 2.48. The zero-order valence-corrected chi connectivity index (χ0v) is 8.12. The van der Waals surface area contributed by atoms with Crippen molar-refractivity contribution < 1.29 is 13.9 Å². The van der Waals surface area contributed by atoms with Crippen LogP contribution in [-0.4, -0.2) is 13.2 Å². The van der Waals surface area contributed by atoms with Gasteiger partial charge in [0.15, 0.2) is 17.3 Å². The molecule has 1 aliphatic rings. The molecule has 1 aromatic carbocycles. The Hall–Kier alpha value is -1.76. The van der Waals surface area contributed by atoms with Gasteiger partial charge in [-0.2, -0.15) is 5.26 Å². The monoisotopic (exact) mass is 207 g/mol. The molecule has 0 amide bonds. The minimum Gasteiger partial charge on any atom is -0.489 e. The molecular formula is C11H10FNO2. The van der Waals surface area contributed by atoms with Crippen LogP contribution in [0.15, 0.2) is 12.1 Å². The van der Waals surface area contributed by atoms with Gasteiger partial charge in [-0.05, 0) is 6.07 Å². The molecule has 1 heterocycles. The maximum atomic E-state index is 13.8. The van der Waals surface area contributed by atoms with E-state index in [1.807, 2.05) is 6.07 Å². The summed E-state index contributed by atoms with van der Waals surface area (Å²) in [4.78, 5) is 0. The fraction of sp³-hybridized carbons (Fsp3) is 0.364. The second-order valence-corrected chi connectivity index (χ2v) is 3.25. The number of ether oxygens (including phenoxy) is 2. The standard InChI is InChI=1S/C11H10FNO2/c12-10-8(4-5-13)2-3-9-11(10)15-7-1-6-14-9/h2-3H,1,4,6-7H2. The van der Waals surface area contributed by atoms with Gasteiger partial charge in [0, 0.05) is 12.0 Å². The third kappa shape index (κ3) is 1.86. The van der Waals surface area contributed by atoms with Crippen molar-refractivity contribution in [3.8, 4) is 17.6 Å². The lowest BCUT2D eigenvalue weighted by molar-refractivity contribution is 0.292. The van der Waals surface area contributed by atoms with Gasteiger partial charge in [-0.15, -0.1) is 0 Å². The summed E-state index contributed by atoms with van der Waals surface area (Å²) in [5, 5.41) is 8.52. The van der Waals surface area contributed by atoms with Gasteiger partial charge in [0.05, 0.1) is 25.7 Å². The smallest absolute Gasteiger partial charge is 0.197 e. The maximum Gasteiger partial charge on any atom is 0.197 e. The summed E-state index contributed by atoms with van der Waals surface area (Å²) in [6, 6.07) is 5.12. The van der Waals surface area contributed by atoms with Crippen LogP contribution in [-0.2, 0) is 6.42 Å². The number of nitriles is 1. The summed E-state index contributed by atoms with van der Waals surface area (Å²) in [6.45, 7) is 0.976. The second kappa shape index (κ2) is 4.18. The largest absolute Gasteiger partial charge is 0.489 e. The molecule has 0 N–H and O–H groups in total. The summed E-state index contributed by atoms with van der Waals surface area (Å²) >= 11 is 0. The SMILES string of the molecule is N#CCc1ccc2c(c1F)OCCCO2. The van der Waals surface area contributed by atoms with Crippen LogP contribution in [0.4, 0.5) is 4.39 Å². The van der Waals surface area contributed by atoms with Crippen LogP contribution >= 0.6 is 0 Å². The van der Waals surface area contributed by atoms with Gasteiger partial charge in [-0.25, -0.2) is 4.39 Å². The number of fused-ring (bicyclic) bond motifs is 1. The Morgan fingerprint density at radius 2 is 2.13 bits per heavy atom. The minimum atomic E-state index is -0.476. The Balaban J connectivity index is 2.42. The lowest BCUT2D eigenvalue weighted by Crippen LogP contribution is -1.99. The van der Waals surface area contributed by atoms with Gasteiger partial charge in [0.25, 0.3) is 0 Å². The Bertz CT molecular complexity index is 412. The van der Waals surface area contributed by atoms with Gasteiger partial charge in [-0.3, -0.25) is 0 Å². The molecule has 0 bridgehead atoms. The summed E-state index contributed by atoms with van der Waals surface area (Å²) < 4.78 is 24.3. The molecule has 0 aliphatic carbocycles. The van der Waals surface area contributed by atoms with E-state index in [1.54, 1.807) is 12.1 Å². The summed E-state index contributed by atoms with van der Waals surface area (Å²) in [5.74, 6) is 0.0860. The zero-order valence-electron chi connectivity index (χ0n) is 8.12. The zero-order chi connectivity index (χ0) is 10.7. The van der Waals surface area contributed by atoms with E-state index in [9.17, 15) is 4.39 Å². The van der Waals surface area contributed by atoms with Gasteiger partial charge in [0.2, 0.25) is 0 Å². The lowest BCUT2D eigenvalue weighted by atomic mass is 10.1. The van der Waals surface area contributed by atoms with Gasteiger partial charge in [-0.1, -0.05) is 6.07 Å². The molecule has 0 aromatic heterocycles. The Morgan fingerprint density at radius 1 is 1.33 bits per heavy atom. The molecule has 0 spiro atoms. The fourth-order valence-electron chi connectivity index (χ4n) is 1.46. The highest BCUT2D eigenvalue weighted by molar-refractivity contribution is 5.45. The van der Waals surface area contributed by atoms with Crippen molar-refractivity contribution in [1.29, 1.82) is 5.26 Å². The number of nitrogens with zero attached hydrogens (tertiary/aromatic N) is 1. The average molecular weight is 207 g/mol. The lowest BCUT2D eigenvalue weighted by Gasteiger charge is -2.09. The van der Waals surface area contributed by atoms with Crippen LogP contribution in [0, 0.1) is 17.1 Å². The van der Waals surface area contributed by atoms with Crippen LogP contribution in [0.3, 0.4) is 0 Å². The van der Waals surface area contributed by atoms with Crippen molar-refractivity contribution in [2.24, 2.45) is 0 Å². The Kier molecular flexibility index (Phi) is 2.72. The fourth-order valence-corrected chi connectivity index (χ4v) is 1.46. The normalized spacial score (nSPS) is 14.1. The van der Waals surface area contributed by atoms with E-state index in [0.717, 1.165) is 6.42 Å². The first-order valence-corrected chi connectivity index (χ1v) is 4.77. The third-order valence-electron chi connectivity index (χ3n) is 2.20. The summed E-state index contributed by atoms with van der Waals surface area (Å²) in [6.07, 6.45) is 0.782. The molecule has 4 heteroatoms. The first-order valence-electron chi connectivity index (χ1n) is 4.77. The van der Waals surface area contributed by atoms with Gasteiger partial charge in [0.1, 0.15) is 0 Å². The van der Waals surface area contributed by atoms with E-state index >= 15 is 0 Å². The molecule has 1 aromatic rings. The predicted octanol–water partition coefficient (Wildman–Crippen LogP) is 2.05. The molecule has 15 heavy (non-hydrogen) atoms.